The van der Waals surface area contributed by atoms with Gasteiger partial charge in [0.1, 0.15) is 0 Å². The van der Waals surface area contributed by atoms with Crippen LogP contribution in [0, 0.1) is 26.7 Å². The van der Waals surface area contributed by atoms with Gasteiger partial charge in [-0.2, -0.15) is 0 Å². The lowest BCUT2D eigenvalue weighted by Gasteiger charge is -2.00. The molecule has 0 unspecified atom stereocenters. The molecule has 0 spiro atoms. The van der Waals surface area contributed by atoms with E-state index in [4.69, 9.17) is 0 Å². The fraction of sp³-hybridized carbons (Fsp3) is 0.292. The van der Waals surface area contributed by atoms with Crippen LogP contribution in [0.2, 0.25) is 0 Å². The molecule has 0 saturated carbocycles. The van der Waals surface area contributed by atoms with Crippen LogP contribution in [0.15, 0.2) is 60.7 Å². The summed E-state index contributed by atoms with van der Waals surface area (Å²) < 4.78 is 0. The van der Waals surface area contributed by atoms with Crippen LogP contribution >= 0.6 is 0 Å². The zero-order chi connectivity index (χ0) is 19.1. The maximum atomic E-state index is 11.9. The Kier molecular flexibility index (Phi) is 12.4. The second-order valence-corrected chi connectivity index (χ2v) is 5.55. The summed E-state index contributed by atoms with van der Waals surface area (Å²) in [7, 11) is 0. The van der Waals surface area contributed by atoms with Gasteiger partial charge in [-0.3, -0.25) is 4.79 Å². The van der Waals surface area contributed by atoms with Gasteiger partial charge in [-0.1, -0.05) is 79.6 Å². The van der Waals surface area contributed by atoms with Crippen molar-refractivity contribution in [2.24, 2.45) is 0 Å². The third-order valence-corrected chi connectivity index (χ3v) is 3.52. The average molecular weight is 335 g/mol. The smallest absolute Gasteiger partial charge is 0.155 e. The van der Waals surface area contributed by atoms with E-state index >= 15 is 0 Å². The summed E-state index contributed by atoms with van der Waals surface area (Å²) in [5.41, 5.74) is 4.98. The number of carbonyl (C=O) groups is 1. The topological polar surface area (TPSA) is 17.1 Å². The summed E-state index contributed by atoms with van der Waals surface area (Å²) in [6.07, 6.45) is 13.9. The predicted octanol–water partition coefficient (Wildman–Crippen LogP) is 5.88. The molecule has 1 nitrogen and oxygen atoms in total. The van der Waals surface area contributed by atoms with Gasteiger partial charge in [-0.05, 0) is 43.9 Å². The predicted molar refractivity (Wildman–Crippen MR) is 110 cm³/mol. The third-order valence-electron chi connectivity index (χ3n) is 3.52. The molecule has 0 atom stereocenters. The van der Waals surface area contributed by atoms with E-state index in [-0.39, 0.29) is 5.78 Å². The fourth-order valence-corrected chi connectivity index (χ4v) is 2.27. The first-order chi connectivity index (χ1) is 12.1. The lowest BCUT2D eigenvalue weighted by Crippen LogP contribution is -1.96. The fourth-order valence-electron chi connectivity index (χ4n) is 2.27. The summed E-state index contributed by atoms with van der Waals surface area (Å²) >= 11 is 0. The molecule has 132 valence electrons. The molecule has 0 aliphatic rings. The van der Waals surface area contributed by atoms with E-state index in [1.54, 1.807) is 6.08 Å². The van der Waals surface area contributed by atoms with Crippen molar-refractivity contribution in [3.05, 3.63) is 82.9 Å². The molecule has 0 heterocycles. The SMILES string of the molecule is C#C.CC.Cc1ccc(C/C=C\C(=O)CCc2cccc(C)c2)cc1. The van der Waals surface area contributed by atoms with Crippen LogP contribution in [0.4, 0.5) is 0 Å². The number of ketones is 1. The standard InChI is InChI=1S/C20H22O.C2H6.C2H2/c1-16-9-11-18(12-10-16)6-4-8-20(21)14-13-19-7-3-5-17(2)15-19;2*1-2/h3-5,7-12,15H,6,13-14H2,1-2H3;1-2H3;1-2H/b8-4-;;. The molecular weight excluding hydrogens is 304 g/mol. The number of hydrogen-bond donors (Lipinski definition) is 0. The van der Waals surface area contributed by atoms with E-state index in [1.807, 2.05) is 26.0 Å². The molecule has 0 radical (unpaired) electrons. The highest BCUT2D eigenvalue weighted by Crippen LogP contribution is 2.08. The van der Waals surface area contributed by atoms with Crippen LogP contribution in [0.1, 0.15) is 42.5 Å². The maximum absolute atomic E-state index is 11.9. The van der Waals surface area contributed by atoms with Gasteiger partial charge in [0.15, 0.2) is 5.78 Å². The Labute approximate surface area is 153 Å². The van der Waals surface area contributed by atoms with Crippen molar-refractivity contribution < 1.29 is 4.79 Å². The third kappa shape index (κ3) is 9.99. The van der Waals surface area contributed by atoms with Crippen molar-refractivity contribution in [3.63, 3.8) is 0 Å². The van der Waals surface area contributed by atoms with Crippen molar-refractivity contribution in [3.8, 4) is 12.8 Å². The van der Waals surface area contributed by atoms with Gasteiger partial charge in [-0.25, -0.2) is 0 Å². The minimum Gasteiger partial charge on any atom is -0.295 e. The first kappa shape index (κ1) is 22.4. The van der Waals surface area contributed by atoms with Crippen LogP contribution in [-0.4, -0.2) is 5.78 Å². The molecule has 0 fully saturated rings. The molecule has 0 N–H and O–H groups in total. The zero-order valence-electron chi connectivity index (χ0n) is 16.0. The van der Waals surface area contributed by atoms with Crippen LogP contribution in [0.5, 0.6) is 0 Å². The Balaban J connectivity index is 0.00000134. The lowest BCUT2D eigenvalue weighted by molar-refractivity contribution is -0.114. The van der Waals surface area contributed by atoms with Gasteiger partial charge in [0.25, 0.3) is 0 Å². The first-order valence-electron chi connectivity index (χ1n) is 8.77. The lowest BCUT2D eigenvalue weighted by atomic mass is 10.0. The van der Waals surface area contributed by atoms with Crippen molar-refractivity contribution in [1.29, 1.82) is 0 Å². The van der Waals surface area contributed by atoms with Crippen molar-refractivity contribution in [1.82, 2.24) is 0 Å². The highest BCUT2D eigenvalue weighted by molar-refractivity contribution is 5.89. The molecule has 0 saturated heterocycles. The monoisotopic (exact) mass is 334 g/mol. The van der Waals surface area contributed by atoms with E-state index in [9.17, 15) is 4.79 Å². The van der Waals surface area contributed by atoms with E-state index in [1.165, 1.54) is 22.3 Å². The van der Waals surface area contributed by atoms with E-state index in [0.717, 1.165) is 12.8 Å². The average Bonchev–Trinajstić information content (AvgIpc) is 2.65. The number of carbonyl (C=O) groups excluding carboxylic acids is 1. The summed E-state index contributed by atoms with van der Waals surface area (Å²) in [5, 5.41) is 0. The molecule has 2 aromatic carbocycles. The van der Waals surface area contributed by atoms with Gasteiger partial charge in [0.2, 0.25) is 0 Å². The largest absolute Gasteiger partial charge is 0.295 e. The van der Waals surface area contributed by atoms with Crippen molar-refractivity contribution >= 4 is 5.78 Å². The molecule has 0 amide bonds. The van der Waals surface area contributed by atoms with E-state index < -0.39 is 0 Å². The van der Waals surface area contributed by atoms with Crippen LogP contribution in [0.25, 0.3) is 0 Å². The first-order valence-corrected chi connectivity index (χ1v) is 8.77. The van der Waals surface area contributed by atoms with Crippen LogP contribution in [-0.2, 0) is 17.6 Å². The molecule has 2 aromatic rings. The van der Waals surface area contributed by atoms with Gasteiger partial charge >= 0.3 is 0 Å². The highest BCUT2D eigenvalue weighted by atomic mass is 16.1. The van der Waals surface area contributed by atoms with E-state index in [0.29, 0.717) is 6.42 Å². The normalized spacial score (nSPS) is 9.52. The van der Waals surface area contributed by atoms with Gasteiger partial charge in [-0.15, -0.1) is 12.8 Å². The van der Waals surface area contributed by atoms with Crippen LogP contribution < -0.4 is 0 Å². The second kappa shape index (κ2) is 13.8. The van der Waals surface area contributed by atoms with E-state index in [2.05, 4.69) is 69.2 Å². The molecule has 2 rings (SSSR count). The summed E-state index contributed by atoms with van der Waals surface area (Å²) in [6.45, 7) is 8.15. The Morgan fingerprint density at radius 3 is 2.16 bits per heavy atom. The minimum atomic E-state index is 0.198. The molecule has 1 heteroatoms. The van der Waals surface area contributed by atoms with Crippen LogP contribution in [0.3, 0.4) is 0 Å². The Morgan fingerprint density at radius 2 is 1.56 bits per heavy atom. The Morgan fingerprint density at radius 1 is 0.920 bits per heavy atom. The number of benzene rings is 2. The highest BCUT2D eigenvalue weighted by Gasteiger charge is 1.99. The molecule has 0 bridgehead atoms. The molecular formula is C24H30O. The van der Waals surface area contributed by atoms with Crippen molar-refractivity contribution in [2.45, 2.75) is 47.0 Å². The number of allylic oxidation sites excluding steroid dienone is 2. The summed E-state index contributed by atoms with van der Waals surface area (Å²) in [6, 6.07) is 16.8. The second-order valence-electron chi connectivity index (χ2n) is 5.55. The Bertz CT molecular complexity index is 660. The van der Waals surface area contributed by atoms with Gasteiger partial charge in [0, 0.05) is 6.42 Å². The van der Waals surface area contributed by atoms with Gasteiger partial charge in [0.05, 0.1) is 0 Å². The van der Waals surface area contributed by atoms with Crippen molar-refractivity contribution in [2.75, 3.05) is 0 Å². The molecule has 0 aromatic heterocycles. The molecule has 0 aliphatic heterocycles. The summed E-state index contributed by atoms with van der Waals surface area (Å²) in [4.78, 5) is 11.9. The number of hydrogen-bond acceptors (Lipinski definition) is 1. The molecule has 0 aliphatic carbocycles. The number of terminal acetylenes is 1. The van der Waals surface area contributed by atoms with Gasteiger partial charge < -0.3 is 0 Å². The zero-order valence-corrected chi connectivity index (χ0v) is 16.0. The minimum absolute atomic E-state index is 0.198. The summed E-state index contributed by atoms with van der Waals surface area (Å²) in [5.74, 6) is 0.198. The molecule has 25 heavy (non-hydrogen) atoms. The quantitative estimate of drug-likeness (QED) is 0.476. The number of aryl methyl sites for hydroxylation is 3. The Hall–Kier alpha value is -2.59. The number of rotatable bonds is 6. The maximum Gasteiger partial charge on any atom is 0.155 e.